The van der Waals surface area contributed by atoms with Crippen LogP contribution in [0.4, 0.5) is 5.69 Å². The van der Waals surface area contributed by atoms with Gasteiger partial charge in [0.1, 0.15) is 11.5 Å². The van der Waals surface area contributed by atoms with Gasteiger partial charge in [-0.1, -0.05) is 37.4 Å². The maximum absolute atomic E-state index is 6.55. The molecular formula is C27H32N2O. The summed E-state index contributed by atoms with van der Waals surface area (Å²) in [6.07, 6.45) is 8.75. The smallest absolute Gasteiger partial charge is 0.140 e. The number of hydrogen-bond acceptors (Lipinski definition) is 3. The van der Waals surface area contributed by atoms with Crippen molar-refractivity contribution in [2.24, 2.45) is 0 Å². The second kappa shape index (κ2) is 8.43. The lowest BCUT2D eigenvalue weighted by molar-refractivity contribution is 0.447. The van der Waals surface area contributed by atoms with Crippen LogP contribution in [0.1, 0.15) is 44.2 Å². The summed E-state index contributed by atoms with van der Waals surface area (Å²) < 4.78 is 6.55. The Balaban J connectivity index is 1.85. The second-order valence-corrected chi connectivity index (χ2v) is 8.53. The van der Waals surface area contributed by atoms with Gasteiger partial charge in [-0.3, -0.25) is 0 Å². The number of benzene rings is 2. The molecule has 1 aliphatic carbocycles. The quantitative estimate of drug-likeness (QED) is 0.477. The van der Waals surface area contributed by atoms with E-state index in [0.717, 1.165) is 41.2 Å². The third kappa shape index (κ3) is 4.02. The van der Waals surface area contributed by atoms with E-state index in [-0.39, 0.29) is 0 Å². The molecule has 2 aliphatic rings. The molecule has 1 saturated carbocycles. The van der Waals surface area contributed by atoms with Crippen LogP contribution >= 0.6 is 0 Å². The number of nitrogens with zero attached hydrogens (tertiary/aromatic N) is 2. The van der Waals surface area contributed by atoms with Crippen molar-refractivity contribution in [3.8, 4) is 11.5 Å². The Labute approximate surface area is 181 Å². The lowest BCUT2D eigenvalue weighted by atomic mass is 9.91. The summed E-state index contributed by atoms with van der Waals surface area (Å²) in [4.78, 5) is 4.65. The van der Waals surface area contributed by atoms with E-state index in [0.29, 0.717) is 12.1 Å². The summed E-state index contributed by atoms with van der Waals surface area (Å²) in [5.41, 5.74) is 5.71. The van der Waals surface area contributed by atoms with Crippen LogP contribution in [-0.2, 0) is 6.42 Å². The molecule has 156 valence electrons. The lowest BCUT2D eigenvalue weighted by Gasteiger charge is -2.38. The highest BCUT2D eigenvalue weighted by atomic mass is 16.5. The SMILES string of the molecule is C=C/C(=C\N(C)C1CC1)c1ccc2c(c1Oc1ccccc1)CCC(C)N2C(=C)C. The van der Waals surface area contributed by atoms with Crippen molar-refractivity contribution in [3.63, 3.8) is 0 Å². The highest BCUT2D eigenvalue weighted by Gasteiger charge is 2.29. The maximum atomic E-state index is 6.55. The number of anilines is 1. The number of allylic oxidation sites excluding steroid dienone is 3. The van der Waals surface area contributed by atoms with Gasteiger partial charge in [0.25, 0.3) is 0 Å². The average Bonchev–Trinajstić information content (AvgIpc) is 3.58. The summed E-state index contributed by atoms with van der Waals surface area (Å²) in [6.45, 7) is 12.7. The third-order valence-electron chi connectivity index (χ3n) is 6.12. The molecule has 0 radical (unpaired) electrons. The molecule has 1 unspecified atom stereocenters. The van der Waals surface area contributed by atoms with Crippen molar-refractivity contribution in [1.82, 2.24) is 4.90 Å². The minimum Gasteiger partial charge on any atom is -0.456 e. The zero-order valence-corrected chi connectivity index (χ0v) is 18.4. The van der Waals surface area contributed by atoms with Gasteiger partial charge in [-0.2, -0.15) is 0 Å². The second-order valence-electron chi connectivity index (χ2n) is 8.53. The van der Waals surface area contributed by atoms with Gasteiger partial charge in [0, 0.05) is 53.4 Å². The van der Waals surface area contributed by atoms with E-state index >= 15 is 0 Å². The number of para-hydroxylation sites is 1. The first-order valence-electron chi connectivity index (χ1n) is 10.9. The Bertz CT molecular complexity index is 972. The molecule has 1 fully saturated rings. The van der Waals surface area contributed by atoms with Crippen LogP contribution in [0, 0.1) is 0 Å². The lowest BCUT2D eigenvalue weighted by Crippen LogP contribution is -2.35. The molecule has 30 heavy (non-hydrogen) atoms. The van der Waals surface area contributed by atoms with Crippen molar-refractivity contribution in [2.75, 3.05) is 11.9 Å². The minimum absolute atomic E-state index is 0.431. The van der Waals surface area contributed by atoms with E-state index in [1.165, 1.54) is 24.1 Å². The zero-order chi connectivity index (χ0) is 21.3. The van der Waals surface area contributed by atoms with Crippen LogP contribution in [0.15, 0.2) is 73.6 Å². The third-order valence-corrected chi connectivity index (χ3v) is 6.12. The number of fused-ring (bicyclic) bond motifs is 1. The first-order chi connectivity index (χ1) is 14.5. The van der Waals surface area contributed by atoms with Crippen LogP contribution in [0.25, 0.3) is 5.57 Å². The van der Waals surface area contributed by atoms with Gasteiger partial charge in [-0.05, 0) is 63.8 Å². The van der Waals surface area contributed by atoms with Gasteiger partial charge in [-0.25, -0.2) is 0 Å². The molecule has 1 heterocycles. The van der Waals surface area contributed by atoms with Crippen molar-refractivity contribution in [2.45, 2.75) is 51.6 Å². The Kier molecular flexibility index (Phi) is 5.72. The molecule has 0 aromatic heterocycles. The number of hydrogen-bond donors (Lipinski definition) is 0. The van der Waals surface area contributed by atoms with Gasteiger partial charge < -0.3 is 14.5 Å². The van der Waals surface area contributed by atoms with Crippen molar-refractivity contribution >= 4 is 11.3 Å². The van der Waals surface area contributed by atoms with E-state index in [4.69, 9.17) is 4.74 Å². The number of rotatable bonds is 7. The van der Waals surface area contributed by atoms with E-state index < -0.39 is 0 Å². The summed E-state index contributed by atoms with van der Waals surface area (Å²) in [5, 5.41) is 0. The summed E-state index contributed by atoms with van der Waals surface area (Å²) in [7, 11) is 2.15. The van der Waals surface area contributed by atoms with Crippen LogP contribution in [0.5, 0.6) is 11.5 Å². The van der Waals surface area contributed by atoms with Gasteiger partial charge in [0.15, 0.2) is 0 Å². The molecule has 0 bridgehead atoms. The van der Waals surface area contributed by atoms with Gasteiger partial charge in [0.2, 0.25) is 0 Å². The Morgan fingerprint density at radius 2 is 1.87 bits per heavy atom. The van der Waals surface area contributed by atoms with Crippen molar-refractivity contribution in [3.05, 3.63) is 84.7 Å². The standard InChI is InChI=1S/C27H32N2O/c1-6-21(18-28(5)22-13-14-22)24-16-17-26-25(15-12-20(4)29(26)19(2)3)27(24)30-23-10-8-7-9-11-23/h6-11,16-18,20,22H,1-2,12-15H2,3-5H3/b21-18+. The number of ether oxygens (including phenoxy) is 1. The molecule has 3 nitrogen and oxygen atoms in total. The fraction of sp³-hybridized carbons (Fsp3) is 0.333. The topological polar surface area (TPSA) is 15.7 Å². The first-order valence-corrected chi connectivity index (χ1v) is 10.9. The fourth-order valence-electron chi connectivity index (χ4n) is 4.38. The normalized spacial score (nSPS) is 18.6. The molecule has 2 aromatic rings. The molecule has 0 amide bonds. The Hall–Kier alpha value is -2.94. The summed E-state index contributed by atoms with van der Waals surface area (Å²) in [6, 6.07) is 15.5. The molecule has 3 heteroatoms. The molecular weight excluding hydrogens is 368 g/mol. The predicted molar refractivity (Wildman–Crippen MR) is 127 cm³/mol. The van der Waals surface area contributed by atoms with E-state index in [2.05, 4.69) is 62.2 Å². The monoisotopic (exact) mass is 400 g/mol. The van der Waals surface area contributed by atoms with Gasteiger partial charge in [-0.15, -0.1) is 0 Å². The first kappa shape index (κ1) is 20.3. The molecule has 0 saturated heterocycles. The van der Waals surface area contributed by atoms with E-state index in [9.17, 15) is 0 Å². The molecule has 4 rings (SSSR count). The van der Waals surface area contributed by atoms with Crippen LogP contribution < -0.4 is 9.64 Å². The largest absolute Gasteiger partial charge is 0.456 e. The van der Waals surface area contributed by atoms with Crippen LogP contribution in [0.2, 0.25) is 0 Å². The molecule has 0 N–H and O–H groups in total. The summed E-state index contributed by atoms with van der Waals surface area (Å²) >= 11 is 0. The van der Waals surface area contributed by atoms with Crippen LogP contribution in [0.3, 0.4) is 0 Å². The average molecular weight is 401 g/mol. The van der Waals surface area contributed by atoms with Crippen molar-refractivity contribution in [1.29, 1.82) is 0 Å². The van der Waals surface area contributed by atoms with Gasteiger partial charge >= 0.3 is 0 Å². The van der Waals surface area contributed by atoms with Gasteiger partial charge in [0.05, 0.1) is 0 Å². The Morgan fingerprint density at radius 1 is 1.13 bits per heavy atom. The molecule has 2 aromatic carbocycles. The molecule has 1 aliphatic heterocycles. The van der Waals surface area contributed by atoms with E-state index in [1.54, 1.807) is 0 Å². The van der Waals surface area contributed by atoms with Crippen molar-refractivity contribution < 1.29 is 4.74 Å². The highest BCUT2D eigenvalue weighted by molar-refractivity contribution is 5.82. The van der Waals surface area contributed by atoms with Crippen LogP contribution in [-0.4, -0.2) is 24.0 Å². The molecule has 0 spiro atoms. The van der Waals surface area contributed by atoms with E-state index in [1.807, 2.05) is 36.4 Å². The summed E-state index contributed by atoms with van der Waals surface area (Å²) in [5.74, 6) is 1.79. The zero-order valence-electron chi connectivity index (χ0n) is 18.4. The maximum Gasteiger partial charge on any atom is 0.140 e. The highest BCUT2D eigenvalue weighted by Crippen LogP contribution is 2.44. The Morgan fingerprint density at radius 3 is 2.50 bits per heavy atom. The minimum atomic E-state index is 0.431. The molecule has 1 atom stereocenters. The fourth-order valence-corrected chi connectivity index (χ4v) is 4.38. The predicted octanol–water partition coefficient (Wildman–Crippen LogP) is 6.77.